The van der Waals surface area contributed by atoms with Crippen molar-refractivity contribution >= 4 is 17.7 Å². The lowest BCUT2D eigenvalue weighted by molar-refractivity contribution is -0.118. The Morgan fingerprint density at radius 2 is 1.66 bits per heavy atom. The van der Waals surface area contributed by atoms with Gasteiger partial charge >= 0.3 is 6.09 Å². The lowest BCUT2D eigenvalue weighted by atomic mass is 10.1. The molecule has 0 bridgehead atoms. The Morgan fingerprint density at radius 1 is 1.03 bits per heavy atom. The van der Waals surface area contributed by atoms with Crippen molar-refractivity contribution < 1.29 is 14.3 Å². The number of benzene rings is 2. The summed E-state index contributed by atoms with van der Waals surface area (Å²) in [4.78, 5) is 28.4. The number of likely N-dealkylation sites (tertiary alicyclic amines) is 1. The van der Waals surface area contributed by atoms with E-state index in [2.05, 4.69) is 5.32 Å². The van der Waals surface area contributed by atoms with Gasteiger partial charge in [0.15, 0.2) is 0 Å². The van der Waals surface area contributed by atoms with Gasteiger partial charge in [-0.2, -0.15) is 0 Å². The van der Waals surface area contributed by atoms with Gasteiger partial charge in [0.05, 0.1) is 19.7 Å². The van der Waals surface area contributed by atoms with E-state index in [1.165, 1.54) is 0 Å². The van der Waals surface area contributed by atoms with E-state index in [1.807, 2.05) is 72.5 Å². The normalized spacial score (nSPS) is 14.4. The van der Waals surface area contributed by atoms with Gasteiger partial charge in [-0.05, 0) is 37.5 Å². The molecule has 29 heavy (non-hydrogen) atoms. The van der Waals surface area contributed by atoms with Crippen LogP contribution < -0.4 is 10.2 Å². The number of piperidine rings is 1. The third-order valence-corrected chi connectivity index (χ3v) is 5.12. The van der Waals surface area contributed by atoms with Crippen molar-refractivity contribution in [1.29, 1.82) is 0 Å². The van der Waals surface area contributed by atoms with Gasteiger partial charge in [0.1, 0.15) is 0 Å². The number of hydrogen-bond donors (Lipinski definition) is 1. The first-order valence-electron chi connectivity index (χ1n) is 10.2. The molecule has 0 aromatic heterocycles. The van der Waals surface area contributed by atoms with Crippen molar-refractivity contribution in [1.82, 2.24) is 10.2 Å². The number of para-hydroxylation sites is 1. The zero-order valence-electron chi connectivity index (χ0n) is 16.9. The second-order valence-electron chi connectivity index (χ2n) is 7.14. The second-order valence-corrected chi connectivity index (χ2v) is 7.14. The van der Waals surface area contributed by atoms with E-state index in [0.29, 0.717) is 26.2 Å². The van der Waals surface area contributed by atoms with E-state index >= 15 is 0 Å². The minimum absolute atomic E-state index is 0.0351. The standard InChI is InChI=1S/C23H29N3O3/c1-2-29-23(28)25-15-13-20(14-16-25)24-17-22(27)26(21-11-7-4-8-12-21)18-19-9-5-3-6-10-19/h3-12,20,24H,2,13-18H2,1H3. The molecule has 1 fully saturated rings. The summed E-state index contributed by atoms with van der Waals surface area (Å²) < 4.78 is 5.06. The average Bonchev–Trinajstić information content (AvgIpc) is 2.77. The van der Waals surface area contributed by atoms with Gasteiger partial charge in [0.25, 0.3) is 0 Å². The van der Waals surface area contributed by atoms with E-state index in [0.717, 1.165) is 24.1 Å². The number of carbonyl (C=O) groups excluding carboxylic acids is 2. The number of amides is 2. The first-order valence-corrected chi connectivity index (χ1v) is 10.2. The number of nitrogens with one attached hydrogen (secondary N) is 1. The molecular weight excluding hydrogens is 366 g/mol. The molecule has 2 amide bonds. The highest BCUT2D eigenvalue weighted by molar-refractivity contribution is 5.94. The summed E-state index contributed by atoms with van der Waals surface area (Å²) in [6.07, 6.45) is 1.38. The number of rotatable bonds is 7. The molecule has 0 aliphatic carbocycles. The van der Waals surface area contributed by atoms with E-state index in [9.17, 15) is 9.59 Å². The van der Waals surface area contributed by atoms with Gasteiger partial charge in [-0.15, -0.1) is 0 Å². The van der Waals surface area contributed by atoms with Crippen LogP contribution in [-0.4, -0.2) is 49.2 Å². The maximum atomic E-state index is 13.0. The smallest absolute Gasteiger partial charge is 0.409 e. The van der Waals surface area contributed by atoms with E-state index in [4.69, 9.17) is 4.74 Å². The summed E-state index contributed by atoms with van der Waals surface area (Å²) in [5, 5.41) is 3.38. The molecule has 2 aromatic carbocycles. The maximum absolute atomic E-state index is 13.0. The van der Waals surface area contributed by atoms with Crippen LogP contribution in [0, 0.1) is 0 Å². The highest BCUT2D eigenvalue weighted by Crippen LogP contribution is 2.17. The molecule has 3 rings (SSSR count). The topological polar surface area (TPSA) is 61.9 Å². The first kappa shape index (κ1) is 20.9. The minimum Gasteiger partial charge on any atom is -0.450 e. The van der Waals surface area contributed by atoms with Crippen molar-refractivity contribution in [3.8, 4) is 0 Å². The molecule has 1 aliphatic heterocycles. The Balaban J connectivity index is 1.56. The van der Waals surface area contributed by atoms with Crippen molar-refractivity contribution in [2.75, 3.05) is 31.1 Å². The Labute approximate surface area is 172 Å². The molecule has 6 nitrogen and oxygen atoms in total. The highest BCUT2D eigenvalue weighted by atomic mass is 16.6. The summed E-state index contributed by atoms with van der Waals surface area (Å²) in [5.41, 5.74) is 1.98. The van der Waals surface area contributed by atoms with Gasteiger partial charge < -0.3 is 19.9 Å². The third kappa shape index (κ3) is 6.06. The van der Waals surface area contributed by atoms with Gasteiger partial charge in [-0.1, -0.05) is 48.5 Å². The van der Waals surface area contributed by atoms with Crippen molar-refractivity contribution in [3.63, 3.8) is 0 Å². The van der Waals surface area contributed by atoms with Crippen molar-refractivity contribution in [2.45, 2.75) is 32.4 Å². The largest absolute Gasteiger partial charge is 0.450 e. The summed E-state index contributed by atoms with van der Waals surface area (Å²) >= 11 is 0. The fourth-order valence-electron chi connectivity index (χ4n) is 3.51. The van der Waals surface area contributed by atoms with Crippen molar-refractivity contribution in [2.24, 2.45) is 0 Å². The van der Waals surface area contributed by atoms with Crippen LogP contribution in [0.2, 0.25) is 0 Å². The van der Waals surface area contributed by atoms with E-state index in [1.54, 1.807) is 4.90 Å². The molecule has 1 N–H and O–H groups in total. The zero-order chi connectivity index (χ0) is 20.5. The molecule has 1 aliphatic rings. The minimum atomic E-state index is -0.250. The Hall–Kier alpha value is -2.86. The highest BCUT2D eigenvalue weighted by Gasteiger charge is 2.24. The Bertz CT molecular complexity index is 774. The number of nitrogens with zero attached hydrogens (tertiary/aromatic N) is 2. The molecule has 0 unspecified atom stereocenters. The van der Waals surface area contributed by atoms with Gasteiger partial charge in [-0.3, -0.25) is 4.79 Å². The average molecular weight is 396 g/mol. The maximum Gasteiger partial charge on any atom is 0.409 e. The van der Waals surface area contributed by atoms with Crippen LogP contribution in [0.4, 0.5) is 10.5 Å². The van der Waals surface area contributed by atoms with Crippen molar-refractivity contribution in [3.05, 3.63) is 66.2 Å². The number of anilines is 1. The first-order chi connectivity index (χ1) is 14.2. The number of carbonyl (C=O) groups is 2. The van der Waals surface area contributed by atoms with Gasteiger partial charge in [0.2, 0.25) is 5.91 Å². The molecule has 1 saturated heterocycles. The van der Waals surface area contributed by atoms with Crippen LogP contribution in [0.1, 0.15) is 25.3 Å². The predicted octanol–water partition coefficient (Wildman–Crippen LogP) is 3.43. The van der Waals surface area contributed by atoms with Crippen LogP contribution in [-0.2, 0) is 16.1 Å². The summed E-state index contributed by atoms with van der Waals surface area (Å²) in [6, 6.07) is 20.0. The fraction of sp³-hybridized carbons (Fsp3) is 0.391. The molecule has 1 heterocycles. The Morgan fingerprint density at radius 3 is 2.28 bits per heavy atom. The van der Waals surface area contributed by atoms with E-state index in [-0.39, 0.29) is 24.6 Å². The number of ether oxygens (including phenoxy) is 1. The molecule has 0 radical (unpaired) electrons. The van der Waals surface area contributed by atoms with Gasteiger partial charge in [-0.25, -0.2) is 4.79 Å². The second kappa shape index (κ2) is 10.6. The van der Waals surface area contributed by atoms with Gasteiger partial charge in [0, 0.05) is 24.8 Å². The monoisotopic (exact) mass is 395 g/mol. The zero-order valence-corrected chi connectivity index (χ0v) is 16.9. The number of hydrogen-bond acceptors (Lipinski definition) is 4. The Kier molecular flexibility index (Phi) is 7.64. The molecule has 6 heteroatoms. The summed E-state index contributed by atoms with van der Waals surface area (Å²) in [7, 11) is 0. The van der Waals surface area contributed by atoms with Crippen LogP contribution in [0.5, 0.6) is 0 Å². The van der Waals surface area contributed by atoms with Crippen LogP contribution in [0.25, 0.3) is 0 Å². The molecular formula is C23H29N3O3. The quantitative estimate of drug-likeness (QED) is 0.780. The lowest BCUT2D eigenvalue weighted by Crippen LogP contribution is -2.48. The van der Waals surface area contributed by atoms with Crippen LogP contribution in [0.3, 0.4) is 0 Å². The van der Waals surface area contributed by atoms with Crippen LogP contribution >= 0.6 is 0 Å². The molecule has 0 saturated carbocycles. The lowest BCUT2D eigenvalue weighted by Gasteiger charge is -2.32. The summed E-state index contributed by atoms with van der Waals surface area (Å²) in [6.45, 7) is 4.31. The third-order valence-electron chi connectivity index (χ3n) is 5.12. The molecule has 2 aromatic rings. The fourth-order valence-corrected chi connectivity index (χ4v) is 3.51. The molecule has 154 valence electrons. The predicted molar refractivity (Wildman–Crippen MR) is 114 cm³/mol. The molecule has 0 atom stereocenters. The van der Waals surface area contributed by atoms with Crippen LogP contribution in [0.15, 0.2) is 60.7 Å². The van der Waals surface area contributed by atoms with E-state index < -0.39 is 0 Å². The summed E-state index contributed by atoms with van der Waals surface area (Å²) in [5.74, 6) is 0.0351. The molecule has 0 spiro atoms. The SMILES string of the molecule is CCOC(=O)N1CCC(NCC(=O)N(Cc2ccccc2)c2ccccc2)CC1.